The van der Waals surface area contributed by atoms with E-state index in [0.29, 0.717) is 24.6 Å². The normalized spacial score (nSPS) is 13.5. The summed E-state index contributed by atoms with van der Waals surface area (Å²) in [5.74, 6) is 0.0971. The fourth-order valence-corrected chi connectivity index (χ4v) is 3.17. The van der Waals surface area contributed by atoms with Gasteiger partial charge in [0.2, 0.25) is 0 Å². The minimum absolute atomic E-state index is 0.0557. The molecule has 1 aromatic carbocycles. The number of fused-ring (bicyclic) bond motifs is 1. The summed E-state index contributed by atoms with van der Waals surface area (Å²) >= 11 is 0. The van der Waals surface area contributed by atoms with Crippen molar-refractivity contribution < 1.29 is 13.9 Å². The summed E-state index contributed by atoms with van der Waals surface area (Å²) in [5.41, 5.74) is 6.20. The molecule has 0 saturated heterocycles. The van der Waals surface area contributed by atoms with Gasteiger partial charge in [-0.3, -0.25) is 9.78 Å². The van der Waals surface area contributed by atoms with Gasteiger partial charge in [0.1, 0.15) is 18.1 Å². The third-order valence-electron chi connectivity index (χ3n) is 4.33. The third-order valence-corrected chi connectivity index (χ3v) is 4.33. The van der Waals surface area contributed by atoms with Crippen molar-refractivity contribution >= 4 is 11.7 Å². The van der Waals surface area contributed by atoms with Crippen LogP contribution in [0.4, 0.5) is 10.2 Å². The van der Waals surface area contributed by atoms with Crippen molar-refractivity contribution in [1.29, 1.82) is 0 Å². The van der Waals surface area contributed by atoms with Crippen LogP contribution in [0.25, 0.3) is 22.4 Å². The number of rotatable bonds is 4. The predicted octanol–water partition coefficient (Wildman–Crippen LogP) is 2.25. The Bertz CT molecular complexity index is 956. The Morgan fingerprint density at radius 3 is 2.63 bits per heavy atom. The lowest BCUT2D eigenvalue weighted by Gasteiger charge is -2.29. The molecule has 1 aliphatic heterocycles. The van der Waals surface area contributed by atoms with Crippen molar-refractivity contribution in [3.8, 4) is 22.4 Å². The van der Waals surface area contributed by atoms with E-state index in [9.17, 15) is 9.18 Å². The smallest absolute Gasteiger partial charge is 0.268 e. The zero-order valence-corrected chi connectivity index (χ0v) is 14.7. The Kier molecular flexibility index (Phi) is 4.66. The van der Waals surface area contributed by atoms with Crippen LogP contribution in [0.3, 0.4) is 0 Å². The molecule has 1 amide bonds. The van der Waals surface area contributed by atoms with E-state index >= 15 is 0 Å². The summed E-state index contributed by atoms with van der Waals surface area (Å²) in [6.45, 7) is 1.11. The summed E-state index contributed by atoms with van der Waals surface area (Å²) < 4.78 is 20.2. The number of carbonyl (C=O) groups is 1. The molecule has 138 valence electrons. The molecule has 0 aliphatic carbocycles. The van der Waals surface area contributed by atoms with E-state index in [-0.39, 0.29) is 18.3 Å². The van der Waals surface area contributed by atoms with E-state index in [1.807, 2.05) is 12.1 Å². The molecule has 0 atom stereocenters. The summed E-state index contributed by atoms with van der Waals surface area (Å²) in [6.07, 6.45) is 3.37. The molecule has 0 unspecified atom stereocenters. The van der Waals surface area contributed by atoms with Gasteiger partial charge in [-0.05, 0) is 42.0 Å². The number of benzene rings is 1. The number of carbonyl (C=O) groups excluding carboxylic acids is 1. The SMILES string of the molecule is COCC(=O)N1NCCn2nc(-c3ccc(F)cc3)c(-c3ccncc3)c21. The Morgan fingerprint density at radius 1 is 1.19 bits per heavy atom. The van der Waals surface area contributed by atoms with E-state index in [1.54, 1.807) is 29.2 Å². The zero-order chi connectivity index (χ0) is 18.8. The van der Waals surface area contributed by atoms with Gasteiger partial charge in [-0.1, -0.05) is 0 Å². The van der Waals surface area contributed by atoms with Crippen molar-refractivity contribution in [3.05, 3.63) is 54.6 Å². The molecule has 27 heavy (non-hydrogen) atoms. The first kappa shape index (κ1) is 17.3. The number of anilines is 1. The van der Waals surface area contributed by atoms with E-state index in [2.05, 4.69) is 10.4 Å². The minimum atomic E-state index is -0.313. The summed E-state index contributed by atoms with van der Waals surface area (Å²) in [5, 5.41) is 6.19. The molecule has 7 nitrogen and oxygen atoms in total. The van der Waals surface area contributed by atoms with Crippen LogP contribution >= 0.6 is 0 Å². The lowest BCUT2D eigenvalue weighted by atomic mass is 10.0. The number of ether oxygens (including phenoxy) is 1. The van der Waals surface area contributed by atoms with E-state index < -0.39 is 0 Å². The van der Waals surface area contributed by atoms with Gasteiger partial charge in [-0.25, -0.2) is 19.5 Å². The maximum atomic E-state index is 13.4. The summed E-state index contributed by atoms with van der Waals surface area (Å²) in [7, 11) is 1.48. The maximum absolute atomic E-state index is 13.4. The first-order valence-corrected chi connectivity index (χ1v) is 8.51. The fourth-order valence-electron chi connectivity index (χ4n) is 3.17. The highest BCUT2D eigenvalue weighted by Gasteiger charge is 2.30. The van der Waals surface area contributed by atoms with Crippen LogP contribution in [0.5, 0.6) is 0 Å². The fraction of sp³-hybridized carbons (Fsp3) is 0.211. The molecule has 0 bridgehead atoms. The first-order chi connectivity index (χ1) is 13.2. The van der Waals surface area contributed by atoms with Crippen LogP contribution in [0, 0.1) is 5.82 Å². The largest absolute Gasteiger partial charge is 0.375 e. The molecule has 3 aromatic rings. The molecule has 1 aliphatic rings. The highest BCUT2D eigenvalue weighted by atomic mass is 19.1. The number of pyridine rings is 1. The number of methoxy groups -OCH3 is 1. The monoisotopic (exact) mass is 367 g/mol. The van der Waals surface area contributed by atoms with E-state index in [0.717, 1.165) is 16.7 Å². The van der Waals surface area contributed by atoms with E-state index in [4.69, 9.17) is 9.84 Å². The van der Waals surface area contributed by atoms with Crippen LogP contribution in [-0.2, 0) is 16.1 Å². The second kappa shape index (κ2) is 7.26. The highest BCUT2D eigenvalue weighted by molar-refractivity contribution is 6.00. The van der Waals surface area contributed by atoms with E-state index in [1.165, 1.54) is 24.3 Å². The average molecular weight is 367 g/mol. The van der Waals surface area contributed by atoms with Crippen molar-refractivity contribution in [2.75, 3.05) is 25.3 Å². The molecule has 3 heterocycles. The summed E-state index contributed by atoms with van der Waals surface area (Å²) in [6, 6.07) is 9.88. The second-order valence-corrected chi connectivity index (χ2v) is 6.08. The molecule has 0 radical (unpaired) electrons. The number of nitrogens with zero attached hydrogens (tertiary/aromatic N) is 4. The second-order valence-electron chi connectivity index (χ2n) is 6.08. The Labute approximate surface area is 155 Å². The number of amides is 1. The van der Waals surface area contributed by atoms with Crippen LogP contribution in [0.2, 0.25) is 0 Å². The number of hydrazine groups is 1. The molecule has 2 aromatic heterocycles. The molecule has 0 saturated carbocycles. The van der Waals surface area contributed by atoms with Crippen LogP contribution < -0.4 is 10.4 Å². The van der Waals surface area contributed by atoms with Gasteiger partial charge in [-0.2, -0.15) is 5.10 Å². The molecule has 0 spiro atoms. The predicted molar refractivity (Wildman–Crippen MR) is 98.2 cm³/mol. The van der Waals surface area contributed by atoms with Gasteiger partial charge < -0.3 is 4.74 Å². The van der Waals surface area contributed by atoms with Gasteiger partial charge >= 0.3 is 0 Å². The maximum Gasteiger partial charge on any atom is 0.268 e. The number of hydrogen-bond donors (Lipinski definition) is 1. The molecular formula is C19H18FN5O2. The minimum Gasteiger partial charge on any atom is -0.375 e. The molecule has 1 N–H and O–H groups in total. The number of halogens is 1. The molecule has 0 fully saturated rings. The molecule has 8 heteroatoms. The lowest BCUT2D eigenvalue weighted by Crippen LogP contribution is -2.50. The van der Waals surface area contributed by atoms with Gasteiger partial charge in [-0.15, -0.1) is 0 Å². The number of aromatic nitrogens is 3. The Balaban J connectivity index is 1.93. The van der Waals surface area contributed by atoms with Gasteiger partial charge in [0.15, 0.2) is 5.82 Å². The first-order valence-electron chi connectivity index (χ1n) is 8.51. The van der Waals surface area contributed by atoms with Crippen LogP contribution in [0.15, 0.2) is 48.8 Å². The molecule has 4 rings (SSSR count). The Morgan fingerprint density at radius 2 is 1.93 bits per heavy atom. The van der Waals surface area contributed by atoms with Crippen LogP contribution in [-0.4, -0.2) is 40.9 Å². The van der Waals surface area contributed by atoms with Crippen molar-refractivity contribution in [2.24, 2.45) is 0 Å². The average Bonchev–Trinajstić information content (AvgIpc) is 3.09. The van der Waals surface area contributed by atoms with Crippen molar-refractivity contribution in [3.63, 3.8) is 0 Å². The van der Waals surface area contributed by atoms with Crippen LogP contribution in [0.1, 0.15) is 0 Å². The highest BCUT2D eigenvalue weighted by Crippen LogP contribution is 2.40. The van der Waals surface area contributed by atoms with Crippen molar-refractivity contribution in [2.45, 2.75) is 6.54 Å². The third kappa shape index (κ3) is 3.20. The number of nitrogens with one attached hydrogen (secondary N) is 1. The van der Waals surface area contributed by atoms with Gasteiger partial charge in [0.05, 0.1) is 12.1 Å². The summed E-state index contributed by atoms with van der Waals surface area (Å²) in [4.78, 5) is 16.6. The van der Waals surface area contributed by atoms with Gasteiger partial charge in [0, 0.05) is 31.6 Å². The quantitative estimate of drug-likeness (QED) is 0.766. The standard InChI is InChI=1S/C19H18FN5O2/c1-27-12-16(26)25-19-17(13-6-8-21-9-7-13)18(23-24(19)11-10-22-25)14-2-4-15(20)5-3-14/h2-9,22H,10-12H2,1H3. The van der Waals surface area contributed by atoms with Gasteiger partial charge in [0.25, 0.3) is 5.91 Å². The molecular weight excluding hydrogens is 349 g/mol. The Hall–Kier alpha value is -3.10. The zero-order valence-electron chi connectivity index (χ0n) is 14.7. The topological polar surface area (TPSA) is 72.3 Å². The lowest BCUT2D eigenvalue weighted by molar-refractivity contribution is -0.123. The van der Waals surface area contributed by atoms with Crippen molar-refractivity contribution in [1.82, 2.24) is 20.2 Å². The number of hydrogen-bond acceptors (Lipinski definition) is 5.